The smallest absolute Gasteiger partial charge is 0.287 e. The SMILES string of the molecule is CCOc1ccccc1NC(=O)[C@H]([NH2+][C@@H]1CCS(=O)(=O)C1)c1ccccc1. The molecule has 3 rings (SSSR count). The summed E-state index contributed by atoms with van der Waals surface area (Å²) in [5.74, 6) is 0.713. The fourth-order valence-electron chi connectivity index (χ4n) is 3.32. The fraction of sp³-hybridized carbons (Fsp3) is 0.350. The Morgan fingerprint density at radius 2 is 1.89 bits per heavy atom. The van der Waals surface area contributed by atoms with Crippen LogP contribution in [0.5, 0.6) is 5.75 Å². The van der Waals surface area contributed by atoms with Gasteiger partial charge >= 0.3 is 0 Å². The van der Waals surface area contributed by atoms with Gasteiger partial charge in [0, 0.05) is 12.0 Å². The number of quaternary nitrogens is 1. The molecule has 6 nitrogen and oxygen atoms in total. The Kier molecular flexibility index (Phi) is 6.13. The summed E-state index contributed by atoms with van der Waals surface area (Å²) in [5.41, 5.74) is 1.45. The van der Waals surface area contributed by atoms with E-state index in [2.05, 4.69) is 5.32 Å². The van der Waals surface area contributed by atoms with Crippen LogP contribution in [0.3, 0.4) is 0 Å². The van der Waals surface area contributed by atoms with E-state index in [-0.39, 0.29) is 23.5 Å². The maximum Gasteiger partial charge on any atom is 0.287 e. The first-order valence-electron chi connectivity index (χ1n) is 9.11. The largest absolute Gasteiger partial charge is 0.492 e. The van der Waals surface area contributed by atoms with Crippen LogP contribution in [0, 0.1) is 0 Å². The quantitative estimate of drug-likeness (QED) is 0.751. The maximum atomic E-state index is 13.1. The minimum absolute atomic E-state index is 0.110. The summed E-state index contributed by atoms with van der Waals surface area (Å²) in [6.45, 7) is 2.39. The van der Waals surface area contributed by atoms with E-state index < -0.39 is 15.9 Å². The lowest BCUT2D eigenvalue weighted by atomic mass is 10.0. The minimum Gasteiger partial charge on any atom is -0.492 e. The van der Waals surface area contributed by atoms with Crippen LogP contribution in [0.4, 0.5) is 5.69 Å². The van der Waals surface area contributed by atoms with Crippen LogP contribution >= 0.6 is 0 Å². The van der Waals surface area contributed by atoms with Crippen LogP contribution in [-0.4, -0.2) is 38.5 Å². The standard InChI is InChI=1S/C20H24N2O4S/c1-2-26-18-11-7-6-10-17(18)22-20(23)19(15-8-4-3-5-9-15)21-16-12-13-27(24,25)14-16/h3-11,16,19,21H,2,12-14H2,1H3,(H,22,23)/p+1/t16-,19-/m1/s1. The first kappa shape index (κ1) is 19.4. The maximum absolute atomic E-state index is 13.1. The van der Waals surface area contributed by atoms with Gasteiger partial charge in [-0.15, -0.1) is 0 Å². The second-order valence-electron chi connectivity index (χ2n) is 6.66. The van der Waals surface area contributed by atoms with Crippen molar-refractivity contribution in [1.82, 2.24) is 0 Å². The van der Waals surface area contributed by atoms with Gasteiger partial charge in [0.1, 0.15) is 17.5 Å². The topological polar surface area (TPSA) is 89.1 Å². The highest BCUT2D eigenvalue weighted by Gasteiger charge is 2.35. The Labute approximate surface area is 159 Å². The molecule has 0 spiro atoms. The van der Waals surface area contributed by atoms with E-state index in [1.807, 2.05) is 60.8 Å². The van der Waals surface area contributed by atoms with E-state index >= 15 is 0 Å². The van der Waals surface area contributed by atoms with Crippen LogP contribution in [0.15, 0.2) is 54.6 Å². The number of ether oxygens (including phenoxy) is 1. The van der Waals surface area contributed by atoms with Crippen molar-refractivity contribution in [2.24, 2.45) is 0 Å². The Hall–Kier alpha value is -2.38. The fourth-order valence-corrected chi connectivity index (χ4v) is 5.08. The minimum atomic E-state index is -3.00. The average Bonchev–Trinajstić information content (AvgIpc) is 3.01. The molecule has 1 saturated heterocycles. The normalized spacial score (nSPS) is 19.4. The third-order valence-electron chi connectivity index (χ3n) is 4.62. The molecule has 144 valence electrons. The van der Waals surface area contributed by atoms with E-state index in [4.69, 9.17) is 4.74 Å². The van der Waals surface area contributed by atoms with Gasteiger partial charge in [0.05, 0.1) is 18.0 Å². The summed E-state index contributed by atoms with van der Waals surface area (Å²) in [7, 11) is -3.00. The number of carbonyl (C=O) groups excluding carboxylic acids is 1. The Morgan fingerprint density at radius 1 is 1.19 bits per heavy atom. The number of para-hydroxylation sites is 2. The number of amides is 1. The molecular weight excluding hydrogens is 364 g/mol. The van der Waals surface area contributed by atoms with Crippen LogP contribution in [0.1, 0.15) is 24.9 Å². The van der Waals surface area contributed by atoms with Gasteiger partial charge in [-0.05, 0) is 19.1 Å². The molecule has 1 amide bonds. The molecule has 2 aromatic rings. The number of nitrogens with two attached hydrogens (primary N) is 1. The lowest BCUT2D eigenvalue weighted by molar-refractivity contribution is -0.710. The third kappa shape index (κ3) is 5.08. The molecule has 3 N–H and O–H groups in total. The van der Waals surface area contributed by atoms with Crippen LogP contribution < -0.4 is 15.4 Å². The number of hydrogen-bond donors (Lipinski definition) is 2. The first-order valence-corrected chi connectivity index (χ1v) is 10.9. The Morgan fingerprint density at radius 3 is 2.56 bits per heavy atom. The van der Waals surface area contributed by atoms with E-state index in [0.29, 0.717) is 24.5 Å². The number of nitrogens with one attached hydrogen (secondary N) is 1. The van der Waals surface area contributed by atoms with Crippen molar-refractivity contribution in [2.45, 2.75) is 25.4 Å². The molecular formula is C20H25N2O4S+. The van der Waals surface area contributed by atoms with Crippen molar-refractivity contribution < 1.29 is 23.3 Å². The van der Waals surface area contributed by atoms with Crippen LogP contribution in [0.2, 0.25) is 0 Å². The highest BCUT2D eigenvalue weighted by atomic mass is 32.2. The number of carbonyl (C=O) groups is 1. The lowest BCUT2D eigenvalue weighted by Crippen LogP contribution is -2.93. The van der Waals surface area contributed by atoms with Crippen molar-refractivity contribution in [3.8, 4) is 5.75 Å². The highest BCUT2D eigenvalue weighted by molar-refractivity contribution is 7.91. The predicted octanol–water partition coefficient (Wildman–Crippen LogP) is 1.52. The number of sulfone groups is 1. The molecule has 0 saturated carbocycles. The molecule has 1 aliphatic heterocycles. The van der Waals surface area contributed by atoms with Gasteiger partial charge in [-0.1, -0.05) is 42.5 Å². The van der Waals surface area contributed by atoms with Crippen molar-refractivity contribution in [1.29, 1.82) is 0 Å². The van der Waals surface area contributed by atoms with Crippen molar-refractivity contribution >= 4 is 21.4 Å². The highest BCUT2D eigenvalue weighted by Crippen LogP contribution is 2.25. The molecule has 1 fully saturated rings. The summed E-state index contributed by atoms with van der Waals surface area (Å²) < 4.78 is 29.2. The van der Waals surface area contributed by atoms with Gasteiger partial charge in [0.15, 0.2) is 15.9 Å². The second-order valence-corrected chi connectivity index (χ2v) is 8.89. The van der Waals surface area contributed by atoms with Gasteiger partial charge in [-0.25, -0.2) is 8.42 Å². The zero-order valence-electron chi connectivity index (χ0n) is 15.3. The van der Waals surface area contributed by atoms with Crippen molar-refractivity contribution in [3.63, 3.8) is 0 Å². The zero-order chi connectivity index (χ0) is 19.3. The van der Waals surface area contributed by atoms with Crippen LogP contribution in [0.25, 0.3) is 0 Å². The summed E-state index contributed by atoms with van der Waals surface area (Å²) >= 11 is 0. The van der Waals surface area contributed by atoms with Gasteiger partial charge in [0.25, 0.3) is 5.91 Å². The van der Waals surface area contributed by atoms with E-state index in [0.717, 1.165) is 5.56 Å². The summed E-state index contributed by atoms with van der Waals surface area (Å²) in [6, 6.07) is 16.1. The van der Waals surface area contributed by atoms with E-state index in [1.165, 1.54) is 0 Å². The van der Waals surface area contributed by atoms with E-state index in [1.54, 1.807) is 6.07 Å². The summed E-state index contributed by atoms with van der Waals surface area (Å²) in [6.07, 6.45) is 0.564. The molecule has 0 bridgehead atoms. The predicted molar refractivity (Wildman–Crippen MR) is 104 cm³/mol. The van der Waals surface area contributed by atoms with Gasteiger partial charge < -0.3 is 15.4 Å². The van der Waals surface area contributed by atoms with Gasteiger partial charge in [-0.3, -0.25) is 4.79 Å². The molecule has 0 unspecified atom stereocenters. The molecule has 0 radical (unpaired) electrons. The zero-order valence-corrected chi connectivity index (χ0v) is 16.1. The first-order chi connectivity index (χ1) is 13.0. The average molecular weight is 389 g/mol. The molecule has 27 heavy (non-hydrogen) atoms. The molecule has 1 heterocycles. The van der Waals surface area contributed by atoms with Crippen LogP contribution in [-0.2, 0) is 14.6 Å². The van der Waals surface area contributed by atoms with Crippen molar-refractivity contribution in [2.75, 3.05) is 23.4 Å². The molecule has 2 aromatic carbocycles. The Bertz CT molecular complexity index is 884. The van der Waals surface area contributed by atoms with E-state index in [9.17, 15) is 13.2 Å². The summed E-state index contributed by atoms with van der Waals surface area (Å²) in [5, 5.41) is 4.82. The van der Waals surface area contributed by atoms with Crippen molar-refractivity contribution in [3.05, 3.63) is 60.2 Å². The third-order valence-corrected chi connectivity index (χ3v) is 6.41. The number of anilines is 1. The molecule has 2 atom stereocenters. The molecule has 0 aromatic heterocycles. The summed E-state index contributed by atoms with van der Waals surface area (Å²) in [4.78, 5) is 13.1. The molecule has 7 heteroatoms. The number of hydrogen-bond acceptors (Lipinski definition) is 4. The number of benzene rings is 2. The second kappa shape index (κ2) is 8.54. The number of rotatable bonds is 7. The molecule has 1 aliphatic rings. The van der Waals surface area contributed by atoms with Gasteiger partial charge in [-0.2, -0.15) is 0 Å². The molecule has 0 aliphatic carbocycles. The monoisotopic (exact) mass is 389 g/mol. The van der Waals surface area contributed by atoms with Gasteiger partial charge in [0.2, 0.25) is 0 Å². The lowest BCUT2D eigenvalue weighted by Gasteiger charge is -2.20. The Balaban J connectivity index is 1.81.